The van der Waals surface area contributed by atoms with Gasteiger partial charge in [-0.1, -0.05) is 24.3 Å². The number of benzene rings is 2. The van der Waals surface area contributed by atoms with Crippen LogP contribution in [0.15, 0.2) is 48.5 Å². The van der Waals surface area contributed by atoms with E-state index in [2.05, 4.69) is 10.6 Å². The number of para-hydroxylation sites is 3. The summed E-state index contributed by atoms with van der Waals surface area (Å²) in [5.41, 5.74) is 0.653. The van der Waals surface area contributed by atoms with Gasteiger partial charge in [0.15, 0.2) is 6.10 Å². The van der Waals surface area contributed by atoms with Crippen molar-refractivity contribution < 1.29 is 24.2 Å². The molecule has 0 aromatic heterocycles. The molecule has 1 aliphatic rings. The molecule has 3 N–H and O–H groups in total. The van der Waals surface area contributed by atoms with Gasteiger partial charge >= 0.3 is 5.97 Å². The number of hydrogen-bond acceptors (Lipinski definition) is 6. The first-order valence-electron chi connectivity index (χ1n) is 9.66. The number of hydrogen-bond donors (Lipinski definition) is 3. The molecule has 1 aliphatic heterocycles. The molecule has 2 aromatic carbocycles. The van der Waals surface area contributed by atoms with E-state index in [1.54, 1.807) is 62.4 Å². The van der Waals surface area contributed by atoms with Crippen molar-refractivity contribution in [3.63, 3.8) is 0 Å². The number of aliphatic hydroxyl groups excluding tert-OH is 1. The average molecular weight is 411 g/mol. The van der Waals surface area contributed by atoms with E-state index < -0.39 is 23.5 Å². The number of carbonyl (C=O) groups excluding carboxylic acids is 3. The Morgan fingerprint density at radius 3 is 2.57 bits per heavy atom. The van der Waals surface area contributed by atoms with Gasteiger partial charge in [-0.25, -0.2) is 4.79 Å². The summed E-state index contributed by atoms with van der Waals surface area (Å²) in [6, 6.07) is 13.7. The number of esters is 1. The number of rotatable bonds is 6. The van der Waals surface area contributed by atoms with E-state index in [0.717, 1.165) is 0 Å². The Hall–Kier alpha value is -3.39. The fourth-order valence-electron chi connectivity index (χ4n) is 3.31. The molecule has 3 rings (SSSR count). The van der Waals surface area contributed by atoms with Crippen LogP contribution in [0.25, 0.3) is 0 Å². The van der Waals surface area contributed by atoms with Gasteiger partial charge in [0.25, 0.3) is 5.91 Å². The third-order valence-corrected chi connectivity index (χ3v) is 4.93. The van der Waals surface area contributed by atoms with Gasteiger partial charge in [-0.15, -0.1) is 0 Å². The summed E-state index contributed by atoms with van der Waals surface area (Å²) < 4.78 is 5.45. The van der Waals surface area contributed by atoms with Crippen LogP contribution in [0, 0.1) is 0 Å². The second kappa shape index (κ2) is 8.54. The molecule has 1 heterocycles. The van der Waals surface area contributed by atoms with Crippen molar-refractivity contribution in [1.29, 1.82) is 0 Å². The van der Waals surface area contributed by atoms with Crippen molar-refractivity contribution in [2.75, 3.05) is 28.7 Å². The van der Waals surface area contributed by atoms with Crippen molar-refractivity contribution in [3.05, 3.63) is 54.1 Å². The van der Waals surface area contributed by atoms with Gasteiger partial charge in [-0.05, 0) is 45.0 Å². The van der Waals surface area contributed by atoms with Crippen molar-refractivity contribution in [2.24, 2.45) is 0 Å². The number of carbonyl (C=O) groups is 3. The molecule has 2 aromatic rings. The molecule has 0 bridgehead atoms. The van der Waals surface area contributed by atoms with Gasteiger partial charge in [0, 0.05) is 12.2 Å². The van der Waals surface area contributed by atoms with E-state index in [1.807, 2.05) is 0 Å². The highest BCUT2D eigenvalue weighted by atomic mass is 16.5. The molecule has 1 unspecified atom stereocenters. The van der Waals surface area contributed by atoms with Gasteiger partial charge in [0.1, 0.15) is 5.54 Å². The van der Waals surface area contributed by atoms with Crippen LogP contribution in [0.5, 0.6) is 0 Å². The fraction of sp³-hybridized carbons (Fsp3) is 0.318. The molecular formula is C22H25N3O5. The Labute approximate surface area is 174 Å². The third-order valence-electron chi connectivity index (χ3n) is 4.93. The molecule has 8 heteroatoms. The van der Waals surface area contributed by atoms with Crippen LogP contribution < -0.4 is 15.5 Å². The Morgan fingerprint density at radius 1 is 1.17 bits per heavy atom. The minimum absolute atomic E-state index is 0.0935. The summed E-state index contributed by atoms with van der Waals surface area (Å²) in [5.74, 6) is -1.51. The molecule has 30 heavy (non-hydrogen) atoms. The van der Waals surface area contributed by atoms with Gasteiger partial charge in [-0.2, -0.15) is 0 Å². The predicted molar refractivity (Wildman–Crippen MR) is 114 cm³/mol. The van der Waals surface area contributed by atoms with Crippen molar-refractivity contribution in [2.45, 2.75) is 32.4 Å². The zero-order valence-corrected chi connectivity index (χ0v) is 17.1. The van der Waals surface area contributed by atoms with Gasteiger partial charge in [0.2, 0.25) is 5.91 Å². The zero-order chi connectivity index (χ0) is 21.9. The first kappa shape index (κ1) is 21.3. The maximum absolute atomic E-state index is 13.3. The molecule has 2 amide bonds. The summed E-state index contributed by atoms with van der Waals surface area (Å²) in [6.45, 7) is 4.93. The monoisotopic (exact) mass is 411 g/mol. The van der Waals surface area contributed by atoms with Gasteiger partial charge in [0.05, 0.1) is 23.5 Å². The summed E-state index contributed by atoms with van der Waals surface area (Å²) in [7, 11) is 0. The molecule has 0 aliphatic carbocycles. The van der Waals surface area contributed by atoms with Crippen molar-refractivity contribution in [1.82, 2.24) is 0 Å². The van der Waals surface area contributed by atoms with Crippen LogP contribution in [0.1, 0.15) is 31.1 Å². The van der Waals surface area contributed by atoms with E-state index in [1.165, 1.54) is 11.8 Å². The molecule has 158 valence electrons. The second-order valence-electron chi connectivity index (χ2n) is 7.45. The highest BCUT2D eigenvalue weighted by molar-refractivity contribution is 6.15. The summed E-state index contributed by atoms with van der Waals surface area (Å²) in [6.07, 6.45) is -1.12. The largest absolute Gasteiger partial charge is 0.449 e. The lowest BCUT2D eigenvalue weighted by atomic mass is 9.95. The standard InChI is InChI=1S/C22H25N3O5/c1-14(30-20(28)15-8-4-5-9-16(15)23-12-13-26)19(27)25-18-11-7-6-10-17(18)24-21(29)22(25,2)3/h4-11,14,23,26H,12-13H2,1-3H3,(H,24,29). The van der Waals surface area contributed by atoms with E-state index in [9.17, 15) is 14.4 Å². The lowest BCUT2D eigenvalue weighted by Crippen LogP contribution is -2.60. The van der Waals surface area contributed by atoms with Gasteiger partial charge in [-0.3, -0.25) is 14.5 Å². The highest BCUT2D eigenvalue weighted by Gasteiger charge is 2.45. The highest BCUT2D eigenvalue weighted by Crippen LogP contribution is 2.37. The van der Waals surface area contributed by atoms with Crippen LogP contribution in [0.4, 0.5) is 17.1 Å². The topological polar surface area (TPSA) is 108 Å². The summed E-state index contributed by atoms with van der Waals surface area (Å²) in [5, 5.41) is 14.7. The molecule has 0 radical (unpaired) electrons. The lowest BCUT2D eigenvalue weighted by Gasteiger charge is -2.42. The predicted octanol–water partition coefficient (Wildman–Crippen LogP) is 2.40. The smallest absolute Gasteiger partial charge is 0.341 e. The molecular weight excluding hydrogens is 386 g/mol. The summed E-state index contributed by atoms with van der Waals surface area (Å²) >= 11 is 0. The van der Waals surface area contributed by atoms with Crippen LogP contribution >= 0.6 is 0 Å². The van der Waals surface area contributed by atoms with Crippen LogP contribution in [0.3, 0.4) is 0 Å². The Morgan fingerprint density at radius 2 is 1.83 bits per heavy atom. The average Bonchev–Trinajstić information content (AvgIpc) is 2.72. The SMILES string of the molecule is CC(OC(=O)c1ccccc1NCCO)C(=O)N1c2ccccc2NC(=O)C1(C)C. The minimum atomic E-state index is -1.16. The van der Waals surface area contributed by atoms with Crippen LogP contribution in [0.2, 0.25) is 0 Å². The Kier molecular flexibility index (Phi) is 6.07. The molecule has 0 saturated heterocycles. The quantitative estimate of drug-likeness (QED) is 0.630. The number of nitrogens with zero attached hydrogens (tertiary/aromatic N) is 1. The molecule has 8 nitrogen and oxygen atoms in total. The molecule has 0 saturated carbocycles. The molecule has 0 spiro atoms. The number of nitrogens with one attached hydrogen (secondary N) is 2. The summed E-state index contributed by atoms with van der Waals surface area (Å²) in [4.78, 5) is 39.9. The maximum Gasteiger partial charge on any atom is 0.341 e. The molecule has 1 atom stereocenters. The number of aliphatic hydroxyl groups is 1. The van der Waals surface area contributed by atoms with Crippen molar-refractivity contribution >= 4 is 34.8 Å². The normalized spacial score (nSPS) is 15.6. The first-order chi connectivity index (χ1) is 14.3. The van der Waals surface area contributed by atoms with E-state index >= 15 is 0 Å². The van der Waals surface area contributed by atoms with Crippen molar-refractivity contribution in [3.8, 4) is 0 Å². The third kappa shape index (κ3) is 3.99. The number of anilines is 3. The zero-order valence-electron chi connectivity index (χ0n) is 17.1. The Bertz CT molecular complexity index is 973. The van der Waals surface area contributed by atoms with E-state index in [0.29, 0.717) is 17.1 Å². The van der Waals surface area contributed by atoms with Crippen LogP contribution in [-0.4, -0.2) is 47.7 Å². The number of fused-ring (bicyclic) bond motifs is 1. The van der Waals surface area contributed by atoms with Crippen LogP contribution in [-0.2, 0) is 14.3 Å². The second-order valence-corrected chi connectivity index (χ2v) is 7.45. The number of ether oxygens (including phenoxy) is 1. The van der Waals surface area contributed by atoms with E-state index in [4.69, 9.17) is 9.84 Å². The number of amides is 2. The lowest BCUT2D eigenvalue weighted by molar-refractivity contribution is -0.131. The molecule has 0 fully saturated rings. The Balaban J connectivity index is 1.84. The van der Waals surface area contributed by atoms with Gasteiger partial charge < -0.3 is 20.5 Å². The maximum atomic E-state index is 13.3. The first-order valence-corrected chi connectivity index (χ1v) is 9.66. The fourth-order valence-corrected chi connectivity index (χ4v) is 3.31. The minimum Gasteiger partial charge on any atom is -0.449 e. The van der Waals surface area contributed by atoms with E-state index in [-0.39, 0.29) is 24.6 Å².